The average Bonchev–Trinajstić information content (AvgIpc) is 2.44. The molecule has 1 N–H and O–H groups in total. The Hall–Kier alpha value is -0.650. The number of ether oxygens (including phenoxy) is 2. The van der Waals surface area contributed by atoms with Crippen LogP contribution in [0.5, 0.6) is 0 Å². The maximum absolute atomic E-state index is 10.2. The summed E-state index contributed by atoms with van der Waals surface area (Å²) in [6.45, 7) is 8.76. The Kier molecular flexibility index (Phi) is 6.66. The number of rotatable bonds is 6. The molecule has 1 aromatic rings. The summed E-state index contributed by atoms with van der Waals surface area (Å²) in [7, 11) is 0. The monoisotopic (exact) mass is 327 g/mol. The van der Waals surface area contributed by atoms with Crippen molar-refractivity contribution in [3.05, 3.63) is 34.9 Å². The molecule has 22 heavy (non-hydrogen) atoms. The third kappa shape index (κ3) is 5.52. The van der Waals surface area contributed by atoms with Crippen LogP contribution in [-0.4, -0.2) is 54.6 Å². The summed E-state index contributed by atoms with van der Waals surface area (Å²) in [6, 6.07) is 7.60. The van der Waals surface area contributed by atoms with E-state index in [1.54, 1.807) is 0 Å². The van der Waals surface area contributed by atoms with Gasteiger partial charge in [0.25, 0.3) is 0 Å². The predicted octanol–water partition coefficient (Wildman–Crippen LogP) is 2.89. The van der Waals surface area contributed by atoms with E-state index >= 15 is 0 Å². The van der Waals surface area contributed by atoms with Crippen LogP contribution in [0.4, 0.5) is 0 Å². The molecule has 124 valence electrons. The van der Waals surface area contributed by atoms with Crippen molar-refractivity contribution in [2.24, 2.45) is 0 Å². The third-order valence-electron chi connectivity index (χ3n) is 3.84. The van der Waals surface area contributed by atoms with Crippen LogP contribution in [0.2, 0.25) is 5.02 Å². The van der Waals surface area contributed by atoms with Gasteiger partial charge in [0.05, 0.1) is 31.0 Å². The normalized spacial score (nSPS) is 25.9. The molecular weight excluding hydrogens is 302 g/mol. The Morgan fingerprint density at radius 2 is 1.86 bits per heavy atom. The molecular formula is C17H26ClNO3. The smallest absolute Gasteiger partial charge is 0.0900 e. The number of nitrogens with zero attached hydrogens (tertiary/aromatic N) is 1. The second kappa shape index (κ2) is 8.27. The lowest BCUT2D eigenvalue weighted by Crippen LogP contribution is -2.48. The second-order valence-corrected chi connectivity index (χ2v) is 6.59. The Morgan fingerprint density at radius 3 is 2.45 bits per heavy atom. The summed E-state index contributed by atoms with van der Waals surface area (Å²) in [5.41, 5.74) is 1.06. The molecule has 0 saturated carbocycles. The fourth-order valence-corrected chi connectivity index (χ4v) is 3.00. The zero-order chi connectivity index (χ0) is 16.1. The first kappa shape index (κ1) is 17.7. The zero-order valence-corrected chi connectivity index (χ0v) is 14.3. The largest absolute Gasteiger partial charge is 0.389 e. The van der Waals surface area contributed by atoms with Crippen molar-refractivity contribution in [2.45, 2.75) is 45.2 Å². The summed E-state index contributed by atoms with van der Waals surface area (Å²) in [4.78, 5) is 2.24. The Balaban J connectivity index is 1.75. The van der Waals surface area contributed by atoms with Crippen molar-refractivity contribution in [1.29, 1.82) is 0 Å². The van der Waals surface area contributed by atoms with Gasteiger partial charge in [0, 0.05) is 24.7 Å². The van der Waals surface area contributed by atoms with Crippen LogP contribution in [0.1, 0.15) is 32.4 Å². The number of morpholine rings is 1. The van der Waals surface area contributed by atoms with Gasteiger partial charge in [-0.25, -0.2) is 0 Å². The minimum atomic E-state index is -0.493. The van der Waals surface area contributed by atoms with E-state index in [0.717, 1.165) is 18.7 Å². The topological polar surface area (TPSA) is 41.9 Å². The van der Waals surface area contributed by atoms with Gasteiger partial charge in [0.1, 0.15) is 0 Å². The lowest BCUT2D eigenvalue weighted by atomic mass is 10.1. The number of hydrogen-bond acceptors (Lipinski definition) is 4. The first-order valence-electron chi connectivity index (χ1n) is 7.87. The Labute approximate surface area is 138 Å². The van der Waals surface area contributed by atoms with Crippen LogP contribution in [0.15, 0.2) is 24.3 Å². The highest BCUT2D eigenvalue weighted by atomic mass is 35.5. The molecule has 1 aliphatic heterocycles. The first-order valence-corrected chi connectivity index (χ1v) is 8.24. The quantitative estimate of drug-likeness (QED) is 0.872. The van der Waals surface area contributed by atoms with Gasteiger partial charge in [-0.1, -0.05) is 23.7 Å². The molecule has 0 amide bonds. The van der Waals surface area contributed by atoms with Gasteiger partial charge in [-0.2, -0.15) is 0 Å². The highest BCUT2D eigenvalue weighted by molar-refractivity contribution is 6.30. The van der Waals surface area contributed by atoms with Crippen LogP contribution in [0.25, 0.3) is 0 Å². The fourth-order valence-electron chi connectivity index (χ4n) is 2.87. The molecule has 1 aliphatic rings. The highest BCUT2D eigenvalue weighted by Crippen LogP contribution is 2.19. The maximum atomic E-state index is 10.2. The number of β-amino-alcohol motifs (C(OH)–C–C–N with tert-alkyl or cyclic N) is 1. The summed E-state index contributed by atoms with van der Waals surface area (Å²) in [5, 5.41) is 10.9. The molecule has 1 fully saturated rings. The van der Waals surface area contributed by atoms with E-state index in [-0.39, 0.29) is 18.3 Å². The first-order chi connectivity index (χ1) is 10.4. The summed E-state index contributed by atoms with van der Waals surface area (Å²) >= 11 is 5.88. The molecule has 1 heterocycles. The van der Waals surface area contributed by atoms with Gasteiger partial charge < -0.3 is 14.6 Å². The van der Waals surface area contributed by atoms with Crippen molar-refractivity contribution in [1.82, 2.24) is 4.90 Å². The third-order valence-corrected chi connectivity index (χ3v) is 4.09. The summed E-state index contributed by atoms with van der Waals surface area (Å²) in [5.74, 6) is 0. The lowest BCUT2D eigenvalue weighted by molar-refractivity contribution is -0.0852. The number of aliphatic hydroxyl groups excluding tert-OH is 1. The van der Waals surface area contributed by atoms with Gasteiger partial charge in [0.15, 0.2) is 0 Å². The van der Waals surface area contributed by atoms with Crippen molar-refractivity contribution in [3.8, 4) is 0 Å². The molecule has 1 aromatic carbocycles. The van der Waals surface area contributed by atoms with Crippen molar-refractivity contribution in [2.75, 3.05) is 26.2 Å². The summed E-state index contributed by atoms with van der Waals surface area (Å²) in [6.07, 6.45) is -0.128. The minimum absolute atomic E-state index is 0.0607. The molecule has 4 atom stereocenters. The van der Waals surface area contributed by atoms with E-state index in [2.05, 4.69) is 18.7 Å². The van der Waals surface area contributed by atoms with E-state index in [9.17, 15) is 5.11 Å². The summed E-state index contributed by atoms with van der Waals surface area (Å²) < 4.78 is 11.5. The standard InChI is InChI=1S/C17H26ClNO3/c1-12-8-19(9-13(2)22-12)10-17(20)11-21-14(3)15-4-6-16(18)7-5-15/h4-7,12-14,17,20H,8-11H2,1-3H3/t12-,13-,14+,17+/m1/s1. The Bertz CT molecular complexity index is 444. The van der Waals surface area contributed by atoms with Crippen LogP contribution < -0.4 is 0 Å². The number of aliphatic hydroxyl groups is 1. The minimum Gasteiger partial charge on any atom is -0.389 e. The molecule has 5 heteroatoms. The molecule has 2 rings (SSSR count). The number of halogens is 1. The molecule has 0 spiro atoms. The molecule has 0 aromatic heterocycles. The number of hydrogen-bond donors (Lipinski definition) is 1. The van der Waals surface area contributed by atoms with Crippen molar-refractivity contribution in [3.63, 3.8) is 0 Å². The molecule has 0 aliphatic carbocycles. The van der Waals surface area contributed by atoms with Gasteiger partial charge in [-0.15, -0.1) is 0 Å². The van der Waals surface area contributed by atoms with Crippen molar-refractivity contribution < 1.29 is 14.6 Å². The Morgan fingerprint density at radius 1 is 1.27 bits per heavy atom. The molecule has 4 nitrogen and oxygen atoms in total. The van der Waals surface area contributed by atoms with E-state index in [1.165, 1.54) is 0 Å². The second-order valence-electron chi connectivity index (χ2n) is 6.16. The molecule has 0 radical (unpaired) electrons. The fraction of sp³-hybridized carbons (Fsp3) is 0.647. The van der Waals surface area contributed by atoms with Gasteiger partial charge in [0.2, 0.25) is 0 Å². The molecule has 1 saturated heterocycles. The van der Waals surface area contributed by atoms with Gasteiger partial charge in [-0.3, -0.25) is 4.90 Å². The lowest BCUT2D eigenvalue weighted by Gasteiger charge is -2.36. The zero-order valence-electron chi connectivity index (χ0n) is 13.5. The maximum Gasteiger partial charge on any atom is 0.0900 e. The average molecular weight is 328 g/mol. The van der Waals surface area contributed by atoms with Crippen molar-refractivity contribution >= 4 is 11.6 Å². The molecule has 0 bridgehead atoms. The van der Waals surface area contributed by atoms with E-state index < -0.39 is 6.10 Å². The van der Waals surface area contributed by atoms with Crippen LogP contribution in [0.3, 0.4) is 0 Å². The van der Waals surface area contributed by atoms with Crippen LogP contribution in [-0.2, 0) is 9.47 Å². The van der Waals surface area contributed by atoms with Gasteiger partial charge >= 0.3 is 0 Å². The van der Waals surface area contributed by atoms with E-state index in [1.807, 2.05) is 31.2 Å². The number of benzene rings is 1. The molecule has 0 unspecified atom stereocenters. The van der Waals surface area contributed by atoms with E-state index in [4.69, 9.17) is 21.1 Å². The van der Waals surface area contributed by atoms with Crippen LogP contribution in [0, 0.1) is 0 Å². The predicted molar refractivity (Wildman–Crippen MR) is 88.3 cm³/mol. The van der Waals surface area contributed by atoms with Crippen LogP contribution >= 0.6 is 11.6 Å². The highest BCUT2D eigenvalue weighted by Gasteiger charge is 2.24. The SMILES string of the molecule is C[C@@H]1CN(C[C@H](O)CO[C@@H](C)c2ccc(Cl)cc2)C[C@@H](C)O1. The van der Waals surface area contributed by atoms with Gasteiger partial charge in [-0.05, 0) is 38.5 Å². The van der Waals surface area contributed by atoms with E-state index in [0.29, 0.717) is 18.2 Å².